The van der Waals surface area contributed by atoms with Crippen molar-refractivity contribution in [1.82, 2.24) is 24.9 Å². The molecule has 3 heterocycles. The van der Waals surface area contributed by atoms with Crippen molar-refractivity contribution in [2.24, 2.45) is 5.92 Å². The molecule has 3 aromatic rings. The SMILES string of the molecule is CC1CC(NC(=O)OC(C)(C)C)CC(c2ccncc2Nc2ncc3ccc(Cl)nn23)C1. The Morgan fingerprint density at radius 2 is 2.00 bits per heavy atom. The molecule has 32 heavy (non-hydrogen) atoms. The summed E-state index contributed by atoms with van der Waals surface area (Å²) in [5, 5.41) is 11.2. The van der Waals surface area contributed by atoms with Gasteiger partial charge in [-0.1, -0.05) is 18.5 Å². The van der Waals surface area contributed by atoms with Crippen molar-refractivity contribution in [2.45, 2.75) is 64.5 Å². The highest BCUT2D eigenvalue weighted by molar-refractivity contribution is 6.29. The van der Waals surface area contributed by atoms with E-state index in [4.69, 9.17) is 16.3 Å². The van der Waals surface area contributed by atoms with Gasteiger partial charge in [0.1, 0.15) is 10.8 Å². The van der Waals surface area contributed by atoms with Gasteiger partial charge in [0.25, 0.3) is 0 Å². The second kappa shape index (κ2) is 8.94. The van der Waals surface area contributed by atoms with Crippen LogP contribution in [0.1, 0.15) is 58.4 Å². The number of amides is 1. The predicted octanol–water partition coefficient (Wildman–Crippen LogP) is 5.32. The van der Waals surface area contributed by atoms with Crippen molar-refractivity contribution in [1.29, 1.82) is 0 Å². The lowest BCUT2D eigenvalue weighted by Crippen LogP contribution is -2.42. The van der Waals surface area contributed by atoms with E-state index in [1.807, 2.05) is 32.9 Å². The fourth-order valence-corrected chi connectivity index (χ4v) is 4.52. The number of ether oxygens (including phenoxy) is 1. The molecule has 1 aliphatic carbocycles. The third-order valence-electron chi connectivity index (χ3n) is 5.56. The summed E-state index contributed by atoms with van der Waals surface area (Å²) in [5.41, 5.74) is 2.34. The molecule has 0 spiro atoms. The number of hydrogen-bond acceptors (Lipinski definition) is 6. The minimum atomic E-state index is -0.518. The maximum absolute atomic E-state index is 12.3. The zero-order valence-corrected chi connectivity index (χ0v) is 19.6. The molecular formula is C23H29ClN6O2. The highest BCUT2D eigenvalue weighted by Gasteiger charge is 2.31. The number of nitrogens with one attached hydrogen (secondary N) is 2. The molecule has 2 N–H and O–H groups in total. The summed E-state index contributed by atoms with van der Waals surface area (Å²) in [5.74, 6) is 1.29. The van der Waals surface area contributed by atoms with Gasteiger partial charge < -0.3 is 15.4 Å². The van der Waals surface area contributed by atoms with Gasteiger partial charge in [0, 0.05) is 12.2 Å². The van der Waals surface area contributed by atoms with Crippen molar-refractivity contribution in [3.63, 3.8) is 0 Å². The number of imidazole rings is 1. The van der Waals surface area contributed by atoms with E-state index in [2.05, 4.69) is 32.6 Å². The zero-order valence-electron chi connectivity index (χ0n) is 18.8. The van der Waals surface area contributed by atoms with Crippen molar-refractivity contribution in [2.75, 3.05) is 5.32 Å². The van der Waals surface area contributed by atoms with E-state index in [1.165, 1.54) is 0 Å². The fraction of sp³-hybridized carbons (Fsp3) is 0.478. The third-order valence-corrected chi connectivity index (χ3v) is 5.76. The van der Waals surface area contributed by atoms with Crippen molar-refractivity contribution < 1.29 is 9.53 Å². The largest absolute Gasteiger partial charge is 0.444 e. The highest BCUT2D eigenvalue weighted by Crippen LogP contribution is 2.39. The first-order chi connectivity index (χ1) is 15.2. The zero-order chi connectivity index (χ0) is 22.9. The summed E-state index contributed by atoms with van der Waals surface area (Å²) < 4.78 is 7.14. The molecule has 1 aliphatic rings. The van der Waals surface area contributed by atoms with Gasteiger partial charge >= 0.3 is 6.09 Å². The molecule has 3 unspecified atom stereocenters. The van der Waals surface area contributed by atoms with Crippen LogP contribution in [0.15, 0.2) is 36.8 Å². The van der Waals surface area contributed by atoms with Crippen molar-refractivity contribution in [3.8, 4) is 0 Å². The standard InChI is InChI=1S/C23H29ClN6O2/c1-14-9-15(11-16(10-14)27-22(31)32-23(2,3)4)18-7-8-25-13-19(18)28-21-26-12-17-5-6-20(24)29-30(17)21/h5-8,12-16H,9-11H2,1-4H3,(H,26,28)(H,27,31). The highest BCUT2D eigenvalue weighted by atomic mass is 35.5. The minimum Gasteiger partial charge on any atom is -0.444 e. The fourth-order valence-electron chi connectivity index (χ4n) is 4.38. The molecular weight excluding hydrogens is 428 g/mol. The summed E-state index contributed by atoms with van der Waals surface area (Å²) in [6.45, 7) is 7.83. The van der Waals surface area contributed by atoms with Gasteiger partial charge in [0.05, 0.1) is 23.6 Å². The lowest BCUT2D eigenvalue weighted by atomic mass is 9.76. The quantitative estimate of drug-likeness (QED) is 0.552. The number of rotatable bonds is 4. The summed E-state index contributed by atoms with van der Waals surface area (Å²) in [6, 6.07) is 5.69. The van der Waals surface area contributed by atoms with Crippen LogP contribution in [0.2, 0.25) is 5.15 Å². The molecule has 3 atom stereocenters. The van der Waals surface area contributed by atoms with Crippen LogP contribution in [-0.2, 0) is 4.74 Å². The average molecular weight is 457 g/mol. The van der Waals surface area contributed by atoms with E-state index in [9.17, 15) is 4.79 Å². The van der Waals surface area contributed by atoms with Crippen LogP contribution in [-0.4, -0.2) is 37.3 Å². The smallest absolute Gasteiger partial charge is 0.407 e. The number of pyridine rings is 1. The van der Waals surface area contributed by atoms with Crippen LogP contribution in [0.25, 0.3) is 5.52 Å². The topological polar surface area (TPSA) is 93.4 Å². The van der Waals surface area contributed by atoms with Gasteiger partial charge in [-0.05, 0) is 75.6 Å². The number of hydrogen-bond donors (Lipinski definition) is 2. The van der Waals surface area contributed by atoms with E-state index in [1.54, 1.807) is 29.2 Å². The molecule has 4 rings (SSSR count). The number of aromatic nitrogens is 4. The van der Waals surface area contributed by atoms with E-state index >= 15 is 0 Å². The second-order valence-corrected chi connectivity index (χ2v) is 9.90. The summed E-state index contributed by atoms with van der Waals surface area (Å²) in [4.78, 5) is 21.1. The monoisotopic (exact) mass is 456 g/mol. The van der Waals surface area contributed by atoms with Crippen LogP contribution >= 0.6 is 11.6 Å². The Labute approximate surface area is 192 Å². The van der Waals surface area contributed by atoms with Gasteiger partial charge in [0.15, 0.2) is 0 Å². The molecule has 170 valence electrons. The summed E-state index contributed by atoms with van der Waals surface area (Å²) in [6.07, 6.45) is 7.76. The molecule has 9 heteroatoms. The van der Waals surface area contributed by atoms with Gasteiger partial charge in [-0.15, -0.1) is 0 Å². The van der Waals surface area contributed by atoms with Gasteiger partial charge in [0.2, 0.25) is 5.95 Å². The van der Waals surface area contributed by atoms with Crippen LogP contribution in [0.5, 0.6) is 0 Å². The molecule has 0 aliphatic heterocycles. The first-order valence-electron chi connectivity index (χ1n) is 10.9. The Morgan fingerprint density at radius 3 is 2.78 bits per heavy atom. The minimum absolute atomic E-state index is 0.0485. The maximum atomic E-state index is 12.3. The number of carbonyl (C=O) groups is 1. The van der Waals surface area contributed by atoms with Gasteiger partial charge in [-0.25, -0.2) is 9.78 Å². The number of halogens is 1. The van der Waals surface area contributed by atoms with Crippen LogP contribution in [0.3, 0.4) is 0 Å². The molecule has 0 saturated heterocycles. The van der Waals surface area contributed by atoms with Gasteiger partial charge in [-0.3, -0.25) is 4.98 Å². The lowest BCUT2D eigenvalue weighted by Gasteiger charge is -2.35. The van der Waals surface area contributed by atoms with E-state index in [0.717, 1.165) is 36.0 Å². The van der Waals surface area contributed by atoms with E-state index < -0.39 is 5.60 Å². The summed E-state index contributed by atoms with van der Waals surface area (Å²) >= 11 is 6.07. The number of nitrogens with zero attached hydrogens (tertiary/aromatic N) is 4. The Bertz CT molecular complexity index is 1110. The molecule has 3 aromatic heterocycles. The first kappa shape index (κ1) is 22.3. The summed E-state index contributed by atoms with van der Waals surface area (Å²) in [7, 11) is 0. The molecule has 1 saturated carbocycles. The maximum Gasteiger partial charge on any atom is 0.407 e. The van der Waals surface area contributed by atoms with Crippen LogP contribution in [0.4, 0.5) is 16.4 Å². The number of anilines is 2. The Morgan fingerprint density at radius 1 is 1.19 bits per heavy atom. The Kier molecular flexibility index (Phi) is 6.24. The molecule has 0 bridgehead atoms. The Balaban J connectivity index is 1.54. The van der Waals surface area contributed by atoms with Crippen molar-refractivity contribution >= 4 is 34.8 Å². The lowest BCUT2D eigenvalue weighted by molar-refractivity contribution is 0.0482. The van der Waals surface area contributed by atoms with E-state index in [0.29, 0.717) is 17.0 Å². The molecule has 1 amide bonds. The molecule has 0 aromatic carbocycles. The normalized spacial score (nSPS) is 21.3. The van der Waals surface area contributed by atoms with E-state index in [-0.39, 0.29) is 18.1 Å². The number of fused-ring (bicyclic) bond motifs is 1. The number of alkyl carbamates (subject to hydrolysis) is 1. The predicted molar refractivity (Wildman–Crippen MR) is 124 cm³/mol. The van der Waals surface area contributed by atoms with Crippen molar-refractivity contribution in [3.05, 3.63) is 47.5 Å². The molecule has 8 nitrogen and oxygen atoms in total. The Hall–Kier alpha value is -2.87. The first-order valence-corrected chi connectivity index (χ1v) is 11.3. The number of carbonyl (C=O) groups excluding carboxylic acids is 1. The van der Waals surface area contributed by atoms with Gasteiger partial charge in [-0.2, -0.15) is 9.61 Å². The molecule has 1 fully saturated rings. The second-order valence-electron chi connectivity index (χ2n) is 9.51. The molecule has 0 radical (unpaired) electrons. The van der Waals surface area contributed by atoms with Crippen LogP contribution < -0.4 is 10.6 Å². The third kappa shape index (κ3) is 5.30. The average Bonchev–Trinajstić information content (AvgIpc) is 3.08. The van der Waals surface area contributed by atoms with Crippen LogP contribution in [0, 0.1) is 5.92 Å².